The maximum atomic E-state index is 13.2. The van der Waals surface area contributed by atoms with Crippen LogP contribution in [0.4, 0.5) is 0 Å². The van der Waals surface area contributed by atoms with E-state index < -0.39 is 0 Å². The molecule has 1 aromatic heterocycles. The lowest BCUT2D eigenvalue weighted by Gasteiger charge is -2.39. The smallest absolute Gasteiger partial charge is 0.261 e. The number of aromatic nitrogens is 2. The highest BCUT2D eigenvalue weighted by molar-refractivity contribution is 5.79. The number of hydrogen-bond acceptors (Lipinski definition) is 5. The number of rotatable bonds is 6. The Morgan fingerprint density at radius 2 is 1.84 bits per heavy atom. The fourth-order valence-corrected chi connectivity index (χ4v) is 5.00. The van der Waals surface area contributed by atoms with Gasteiger partial charge in [0.1, 0.15) is 5.82 Å². The molecule has 7 nitrogen and oxygen atoms in total. The number of nitrogens with zero attached hydrogens (tertiary/aromatic N) is 4. The lowest BCUT2D eigenvalue weighted by atomic mass is 9.88. The van der Waals surface area contributed by atoms with Crippen LogP contribution in [0.25, 0.3) is 10.9 Å². The molecule has 31 heavy (non-hydrogen) atoms. The van der Waals surface area contributed by atoms with Crippen LogP contribution in [0.2, 0.25) is 0 Å². The van der Waals surface area contributed by atoms with E-state index in [0.29, 0.717) is 24.4 Å². The van der Waals surface area contributed by atoms with Gasteiger partial charge in [0.2, 0.25) is 5.91 Å². The van der Waals surface area contributed by atoms with Crippen molar-refractivity contribution in [1.29, 1.82) is 0 Å². The van der Waals surface area contributed by atoms with Crippen LogP contribution in [0.3, 0.4) is 0 Å². The molecule has 1 saturated heterocycles. The lowest BCUT2D eigenvalue weighted by molar-refractivity contribution is -0.138. The summed E-state index contributed by atoms with van der Waals surface area (Å²) >= 11 is 0. The van der Waals surface area contributed by atoms with Crippen molar-refractivity contribution in [2.24, 2.45) is 5.92 Å². The van der Waals surface area contributed by atoms with Crippen LogP contribution in [0.15, 0.2) is 29.1 Å². The van der Waals surface area contributed by atoms with Gasteiger partial charge in [-0.3, -0.25) is 19.1 Å². The molecule has 0 bridgehead atoms. The Morgan fingerprint density at radius 3 is 2.55 bits per heavy atom. The standard InChI is InChI=1S/C24H34N4O3/c1-18(26-12-14-27(15-13-26)23(29)19-8-4-3-5-9-19)22-25-21-11-7-6-10-20(21)24(30)28(22)16-17-31-2/h6-7,10-11,18-19H,3-5,8-9,12-17H2,1-2H3. The summed E-state index contributed by atoms with van der Waals surface area (Å²) in [6.45, 7) is 6.14. The van der Waals surface area contributed by atoms with Gasteiger partial charge in [0.05, 0.1) is 30.1 Å². The van der Waals surface area contributed by atoms with Crippen LogP contribution in [0.5, 0.6) is 0 Å². The summed E-state index contributed by atoms with van der Waals surface area (Å²) in [7, 11) is 1.64. The first kappa shape index (κ1) is 22.0. The van der Waals surface area contributed by atoms with Crippen molar-refractivity contribution < 1.29 is 9.53 Å². The van der Waals surface area contributed by atoms with E-state index in [1.54, 1.807) is 11.7 Å². The van der Waals surface area contributed by atoms with E-state index in [2.05, 4.69) is 11.8 Å². The summed E-state index contributed by atoms with van der Waals surface area (Å²) in [5.74, 6) is 1.33. The minimum atomic E-state index is -0.0180. The van der Waals surface area contributed by atoms with E-state index in [1.807, 2.05) is 29.2 Å². The Bertz CT molecular complexity index is 959. The zero-order valence-corrected chi connectivity index (χ0v) is 18.8. The summed E-state index contributed by atoms with van der Waals surface area (Å²) in [6.07, 6.45) is 5.71. The molecule has 168 valence electrons. The van der Waals surface area contributed by atoms with Crippen molar-refractivity contribution in [2.45, 2.75) is 51.6 Å². The van der Waals surface area contributed by atoms with Gasteiger partial charge >= 0.3 is 0 Å². The SMILES string of the molecule is COCCn1c(C(C)N2CCN(C(=O)C3CCCCC3)CC2)nc2ccccc2c1=O. The van der Waals surface area contributed by atoms with Crippen LogP contribution in [-0.2, 0) is 16.1 Å². The highest BCUT2D eigenvalue weighted by atomic mass is 16.5. The quantitative estimate of drug-likeness (QED) is 0.711. The van der Waals surface area contributed by atoms with Gasteiger partial charge in [-0.2, -0.15) is 0 Å². The van der Waals surface area contributed by atoms with Gasteiger partial charge in [-0.1, -0.05) is 31.4 Å². The molecule has 2 aliphatic rings. The van der Waals surface area contributed by atoms with E-state index in [-0.39, 0.29) is 17.5 Å². The first-order valence-corrected chi connectivity index (χ1v) is 11.6. The monoisotopic (exact) mass is 426 g/mol. The minimum absolute atomic E-state index is 0.0129. The summed E-state index contributed by atoms with van der Waals surface area (Å²) in [5.41, 5.74) is 0.713. The second-order valence-electron chi connectivity index (χ2n) is 8.81. The molecule has 1 unspecified atom stereocenters. The zero-order valence-electron chi connectivity index (χ0n) is 18.8. The normalized spacial score (nSPS) is 19.6. The number of benzene rings is 1. The van der Waals surface area contributed by atoms with E-state index in [1.165, 1.54) is 19.3 Å². The Kier molecular flexibility index (Phi) is 7.02. The Labute approximate surface area is 184 Å². The molecule has 2 fully saturated rings. The number of para-hydroxylation sites is 1. The summed E-state index contributed by atoms with van der Waals surface area (Å²) < 4.78 is 7.01. The number of methoxy groups -OCH3 is 1. The first-order valence-electron chi connectivity index (χ1n) is 11.6. The lowest BCUT2D eigenvalue weighted by Crippen LogP contribution is -2.51. The number of piperazine rings is 1. The van der Waals surface area contributed by atoms with Crippen LogP contribution in [-0.4, -0.2) is 65.2 Å². The summed E-state index contributed by atoms with van der Waals surface area (Å²) in [4.78, 5) is 35.3. The molecular formula is C24H34N4O3. The molecule has 1 aliphatic heterocycles. The molecule has 2 heterocycles. The topological polar surface area (TPSA) is 67.7 Å². The minimum Gasteiger partial charge on any atom is -0.383 e. The van der Waals surface area contributed by atoms with E-state index in [4.69, 9.17) is 9.72 Å². The number of fused-ring (bicyclic) bond motifs is 1. The number of carbonyl (C=O) groups is 1. The van der Waals surface area contributed by atoms with Crippen LogP contribution in [0.1, 0.15) is 50.9 Å². The predicted octanol–water partition coefficient (Wildman–Crippen LogP) is 2.83. The van der Waals surface area contributed by atoms with E-state index in [9.17, 15) is 9.59 Å². The maximum absolute atomic E-state index is 13.2. The van der Waals surface area contributed by atoms with Crippen molar-refractivity contribution in [3.8, 4) is 0 Å². The van der Waals surface area contributed by atoms with Crippen LogP contribution >= 0.6 is 0 Å². The predicted molar refractivity (Wildman–Crippen MR) is 121 cm³/mol. The highest BCUT2D eigenvalue weighted by Gasteiger charge is 2.31. The summed E-state index contributed by atoms with van der Waals surface area (Å²) in [6, 6.07) is 7.50. The van der Waals surface area contributed by atoms with E-state index >= 15 is 0 Å². The van der Waals surface area contributed by atoms with E-state index in [0.717, 1.165) is 50.4 Å². The van der Waals surface area contributed by atoms with Gasteiger partial charge in [-0.25, -0.2) is 4.98 Å². The second kappa shape index (κ2) is 9.92. The van der Waals surface area contributed by atoms with Crippen molar-refractivity contribution >= 4 is 16.8 Å². The molecule has 1 saturated carbocycles. The largest absolute Gasteiger partial charge is 0.383 e. The van der Waals surface area contributed by atoms with Gasteiger partial charge in [0, 0.05) is 39.2 Å². The fraction of sp³-hybridized carbons (Fsp3) is 0.625. The number of carbonyl (C=O) groups excluding carboxylic acids is 1. The third kappa shape index (κ3) is 4.67. The second-order valence-corrected chi connectivity index (χ2v) is 8.81. The number of hydrogen-bond donors (Lipinski definition) is 0. The molecule has 1 amide bonds. The molecule has 1 aliphatic carbocycles. The highest BCUT2D eigenvalue weighted by Crippen LogP contribution is 2.27. The third-order valence-electron chi connectivity index (χ3n) is 6.91. The molecule has 2 aromatic rings. The number of ether oxygens (including phenoxy) is 1. The fourth-order valence-electron chi connectivity index (χ4n) is 5.00. The third-order valence-corrected chi connectivity index (χ3v) is 6.91. The van der Waals surface area contributed by atoms with Crippen molar-refractivity contribution in [3.05, 3.63) is 40.4 Å². The van der Waals surface area contributed by atoms with Gasteiger partial charge in [-0.05, 0) is 31.9 Å². The van der Waals surface area contributed by atoms with Crippen molar-refractivity contribution in [3.63, 3.8) is 0 Å². The van der Waals surface area contributed by atoms with Crippen molar-refractivity contribution in [1.82, 2.24) is 19.4 Å². The molecular weight excluding hydrogens is 392 g/mol. The molecule has 1 aromatic carbocycles. The Morgan fingerprint density at radius 1 is 1.13 bits per heavy atom. The molecule has 7 heteroatoms. The van der Waals surface area contributed by atoms with Crippen LogP contribution < -0.4 is 5.56 Å². The molecule has 1 atom stereocenters. The summed E-state index contributed by atoms with van der Waals surface area (Å²) in [5, 5.41) is 0.637. The molecule has 0 N–H and O–H groups in total. The average Bonchev–Trinajstić information content (AvgIpc) is 2.83. The molecule has 4 rings (SSSR count). The molecule has 0 radical (unpaired) electrons. The Balaban J connectivity index is 1.51. The van der Waals surface area contributed by atoms with Gasteiger partial charge in [-0.15, -0.1) is 0 Å². The Hall–Kier alpha value is -2.25. The number of amides is 1. The average molecular weight is 427 g/mol. The van der Waals surface area contributed by atoms with Gasteiger partial charge < -0.3 is 9.64 Å². The first-order chi connectivity index (χ1) is 15.1. The van der Waals surface area contributed by atoms with Crippen LogP contribution in [0, 0.1) is 5.92 Å². The maximum Gasteiger partial charge on any atom is 0.261 e. The van der Waals surface area contributed by atoms with Crippen molar-refractivity contribution in [2.75, 3.05) is 39.9 Å². The zero-order chi connectivity index (χ0) is 21.8. The molecule has 0 spiro atoms. The van der Waals surface area contributed by atoms with Gasteiger partial charge in [0.15, 0.2) is 0 Å². The van der Waals surface area contributed by atoms with Gasteiger partial charge in [0.25, 0.3) is 5.56 Å².